The van der Waals surface area contributed by atoms with Gasteiger partial charge in [0.2, 0.25) is 15.9 Å². The zero-order valence-corrected chi connectivity index (χ0v) is 17.9. The molecule has 0 radical (unpaired) electrons. The van der Waals surface area contributed by atoms with Crippen LogP contribution in [0.4, 0.5) is 5.69 Å². The number of sulfonamides is 1. The normalized spacial score (nSPS) is 12.6. The summed E-state index contributed by atoms with van der Waals surface area (Å²) in [6, 6.07) is 12.0. The Morgan fingerprint density at radius 1 is 1.21 bits per heavy atom. The average Bonchev–Trinajstić information content (AvgIpc) is 3.09. The van der Waals surface area contributed by atoms with Gasteiger partial charge in [-0.15, -0.1) is 0 Å². The predicted octanol–water partition coefficient (Wildman–Crippen LogP) is 3.26. The number of rotatable bonds is 6. The summed E-state index contributed by atoms with van der Waals surface area (Å²) in [5.41, 5.74) is 3.66. The smallest absolute Gasteiger partial charge is 0.238 e. The van der Waals surface area contributed by atoms with Crippen molar-refractivity contribution in [2.45, 2.75) is 36.1 Å². The maximum atomic E-state index is 12.6. The van der Waals surface area contributed by atoms with Crippen molar-refractivity contribution in [3.05, 3.63) is 66.0 Å². The minimum absolute atomic E-state index is 0.0546. The fourth-order valence-corrected chi connectivity index (χ4v) is 4.28. The van der Waals surface area contributed by atoms with Crippen molar-refractivity contribution in [1.82, 2.24) is 9.55 Å². The molecule has 9 heteroatoms. The lowest BCUT2D eigenvalue weighted by Gasteiger charge is -2.15. The van der Waals surface area contributed by atoms with Gasteiger partial charge in [0.05, 0.1) is 15.8 Å². The molecule has 0 saturated heterocycles. The monoisotopic (exact) mass is 430 g/mol. The Morgan fingerprint density at radius 2 is 1.97 bits per heavy atom. The van der Waals surface area contributed by atoms with E-state index >= 15 is 0 Å². The van der Waals surface area contributed by atoms with Crippen molar-refractivity contribution in [3.63, 3.8) is 0 Å². The summed E-state index contributed by atoms with van der Waals surface area (Å²) in [5.74, 6) is -0.267. The highest BCUT2D eigenvalue weighted by Gasteiger charge is 2.19. The Hall–Kier alpha value is -2.62. The summed E-state index contributed by atoms with van der Waals surface area (Å²) in [7, 11) is -3.84. The second-order valence-corrected chi connectivity index (χ2v) is 9.56. The molecule has 152 valence electrons. The summed E-state index contributed by atoms with van der Waals surface area (Å²) in [4.78, 5) is 16.9. The van der Waals surface area contributed by atoms with E-state index in [2.05, 4.69) is 16.4 Å². The van der Waals surface area contributed by atoms with Gasteiger partial charge < -0.3 is 5.32 Å². The maximum Gasteiger partial charge on any atom is 0.238 e. The maximum absolute atomic E-state index is 12.6. The van der Waals surface area contributed by atoms with Crippen LogP contribution in [-0.4, -0.2) is 29.1 Å². The first-order chi connectivity index (χ1) is 13.6. The van der Waals surface area contributed by atoms with Gasteiger partial charge in [-0.3, -0.25) is 9.36 Å². The molecule has 0 fully saturated rings. The molecule has 0 spiro atoms. The molecule has 1 heterocycles. The van der Waals surface area contributed by atoms with Gasteiger partial charge in [-0.2, -0.15) is 0 Å². The molecule has 3 N–H and O–H groups in total. The standard InChI is InChI=1S/C20H22N4O3S2/c1-13-7-8-18(14(2)11-13)24-10-9-22-20(24)28-15(3)19(25)23-16-5-4-6-17(12-16)29(21,26)27/h4-12,15H,1-3H3,(H,23,25)(H2,21,26,27). The number of carbonyl (C=O) groups is 1. The zero-order chi connectivity index (χ0) is 21.2. The highest BCUT2D eigenvalue weighted by molar-refractivity contribution is 8.00. The van der Waals surface area contributed by atoms with Gasteiger partial charge in [0.15, 0.2) is 5.16 Å². The summed E-state index contributed by atoms with van der Waals surface area (Å²) in [5, 5.41) is 8.11. The van der Waals surface area contributed by atoms with Gasteiger partial charge in [-0.1, -0.05) is 35.5 Å². The van der Waals surface area contributed by atoms with E-state index in [1.807, 2.05) is 36.7 Å². The van der Waals surface area contributed by atoms with Crippen LogP contribution in [0.5, 0.6) is 0 Å². The van der Waals surface area contributed by atoms with Crippen LogP contribution in [0, 0.1) is 13.8 Å². The molecule has 29 heavy (non-hydrogen) atoms. The number of nitrogens with two attached hydrogens (primary N) is 1. The van der Waals surface area contributed by atoms with E-state index in [-0.39, 0.29) is 10.8 Å². The molecule has 0 saturated carbocycles. The van der Waals surface area contributed by atoms with Gasteiger partial charge in [0.1, 0.15) is 0 Å². The van der Waals surface area contributed by atoms with Gasteiger partial charge in [-0.05, 0) is 50.6 Å². The zero-order valence-electron chi connectivity index (χ0n) is 16.3. The Bertz CT molecular complexity index is 1160. The van der Waals surface area contributed by atoms with Crippen molar-refractivity contribution < 1.29 is 13.2 Å². The number of primary sulfonamides is 1. The predicted molar refractivity (Wildman–Crippen MR) is 115 cm³/mol. The van der Waals surface area contributed by atoms with Crippen LogP contribution in [0.1, 0.15) is 18.1 Å². The second kappa shape index (κ2) is 8.40. The number of hydrogen-bond acceptors (Lipinski definition) is 5. The first-order valence-electron chi connectivity index (χ1n) is 8.86. The molecule has 2 aromatic carbocycles. The number of carbonyl (C=O) groups excluding carboxylic acids is 1. The van der Waals surface area contributed by atoms with Crippen molar-refractivity contribution in [2.24, 2.45) is 5.14 Å². The highest BCUT2D eigenvalue weighted by atomic mass is 32.2. The SMILES string of the molecule is Cc1ccc(-n2ccnc2SC(C)C(=O)Nc2cccc(S(N)(=O)=O)c2)c(C)c1. The molecule has 1 aromatic heterocycles. The Labute approximate surface area is 174 Å². The minimum Gasteiger partial charge on any atom is -0.325 e. The number of aryl methyl sites for hydroxylation is 2. The van der Waals surface area contributed by atoms with E-state index < -0.39 is 15.3 Å². The molecular weight excluding hydrogens is 408 g/mol. The first-order valence-corrected chi connectivity index (χ1v) is 11.3. The quantitative estimate of drug-likeness (QED) is 0.584. The van der Waals surface area contributed by atoms with Crippen LogP contribution in [-0.2, 0) is 14.8 Å². The molecule has 1 amide bonds. The van der Waals surface area contributed by atoms with E-state index in [1.54, 1.807) is 19.2 Å². The summed E-state index contributed by atoms with van der Waals surface area (Å²) in [6.45, 7) is 5.84. The Morgan fingerprint density at radius 3 is 2.66 bits per heavy atom. The van der Waals surface area contributed by atoms with Crippen LogP contribution >= 0.6 is 11.8 Å². The van der Waals surface area contributed by atoms with E-state index in [1.165, 1.54) is 35.5 Å². The van der Waals surface area contributed by atoms with E-state index in [0.29, 0.717) is 10.8 Å². The lowest BCUT2D eigenvalue weighted by molar-refractivity contribution is -0.115. The summed E-state index contributed by atoms with van der Waals surface area (Å²) in [6.07, 6.45) is 3.56. The van der Waals surface area contributed by atoms with Crippen molar-refractivity contribution in [3.8, 4) is 5.69 Å². The van der Waals surface area contributed by atoms with Gasteiger partial charge in [-0.25, -0.2) is 18.5 Å². The van der Waals surface area contributed by atoms with E-state index in [9.17, 15) is 13.2 Å². The fourth-order valence-electron chi connectivity index (χ4n) is 2.84. The lowest BCUT2D eigenvalue weighted by atomic mass is 10.1. The third kappa shape index (κ3) is 5.06. The molecular formula is C20H22N4O3S2. The molecule has 0 aliphatic heterocycles. The Kier molecular flexibility index (Phi) is 6.11. The highest BCUT2D eigenvalue weighted by Crippen LogP contribution is 2.27. The molecule has 0 aliphatic rings. The number of imidazole rings is 1. The van der Waals surface area contributed by atoms with Crippen LogP contribution in [0.15, 0.2) is 64.9 Å². The van der Waals surface area contributed by atoms with Crippen LogP contribution in [0.3, 0.4) is 0 Å². The third-order valence-electron chi connectivity index (χ3n) is 4.30. The topological polar surface area (TPSA) is 107 Å². The number of aromatic nitrogens is 2. The molecule has 7 nitrogen and oxygen atoms in total. The van der Waals surface area contributed by atoms with Crippen molar-refractivity contribution in [1.29, 1.82) is 0 Å². The number of thioether (sulfide) groups is 1. The largest absolute Gasteiger partial charge is 0.325 e. The minimum atomic E-state index is -3.84. The number of benzene rings is 2. The molecule has 0 aliphatic carbocycles. The van der Waals surface area contributed by atoms with Gasteiger partial charge in [0.25, 0.3) is 0 Å². The molecule has 1 unspecified atom stereocenters. The van der Waals surface area contributed by atoms with E-state index in [0.717, 1.165) is 11.3 Å². The number of anilines is 1. The molecule has 3 rings (SSSR count). The second-order valence-electron chi connectivity index (χ2n) is 6.69. The van der Waals surface area contributed by atoms with Gasteiger partial charge in [0, 0.05) is 18.1 Å². The van der Waals surface area contributed by atoms with Crippen molar-refractivity contribution >= 4 is 33.4 Å². The average molecular weight is 431 g/mol. The lowest BCUT2D eigenvalue weighted by Crippen LogP contribution is -2.23. The molecule has 3 aromatic rings. The Balaban J connectivity index is 1.75. The number of amides is 1. The van der Waals surface area contributed by atoms with Crippen molar-refractivity contribution in [2.75, 3.05) is 5.32 Å². The van der Waals surface area contributed by atoms with Crippen LogP contribution in [0.2, 0.25) is 0 Å². The number of hydrogen-bond donors (Lipinski definition) is 2. The number of nitrogens with zero attached hydrogens (tertiary/aromatic N) is 2. The first kappa shape index (κ1) is 21.1. The van der Waals surface area contributed by atoms with E-state index in [4.69, 9.17) is 5.14 Å². The third-order valence-corrected chi connectivity index (χ3v) is 6.29. The fraction of sp³-hybridized carbons (Fsp3) is 0.200. The van der Waals surface area contributed by atoms with Gasteiger partial charge >= 0.3 is 0 Å². The summed E-state index contributed by atoms with van der Waals surface area (Å²) < 4.78 is 24.9. The van der Waals surface area contributed by atoms with Crippen LogP contribution in [0.25, 0.3) is 5.69 Å². The number of nitrogens with one attached hydrogen (secondary N) is 1. The molecule has 0 bridgehead atoms. The molecule has 1 atom stereocenters. The van der Waals surface area contributed by atoms with Crippen LogP contribution < -0.4 is 10.5 Å². The summed E-state index contributed by atoms with van der Waals surface area (Å²) >= 11 is 1.32.